The average Bonchev–Trinajstić information content (AvgIpc) is 2.34. The minimum atomic E-state index is -1.08. The Morgan fingerprint density at radius 2 is 2.22 bits per heavy atom. The van der Waals surface area contributed by atoms with Gasteiger partial charge < -0.3 is 15.2 Å². The first-order chi connectivity index (χ1) is 8.52. The SMILES string of the molecule is COc1ccc(C=CC(=O)NCC(=O)O)cc1Br. The minimum absolute atomic E-state index is 0.393. The number of methoxy groups -OCH3 is 1. The fourth-order valence-corrected chi connectivity index (χ4v) is 1.74. The van der Waals surface area contributed by atoms with Crippen LogP contribution in [0.4, 0.5) is 0 Å². The highest BCUT2D eigenvalue weighted by molar-refractivity contribution is 9.10. The minimum Gasteiger partial charge on any atom is -0.496 e. The molecule has 1 rings (SSSR count). The number of rotatable bonds is 5. The molecule has 96 valence electrons. The van der Waals surface area contributed by atoms with Crippen molar-refractivity contribution < 1.29 is 19.4 Å². The second-order valence-electron chi connectivity index (χ2n) is 3.34. The molecule has 0 aliphatic carbocycles. The summed E-state index contributed by atoms with van der Waals surface area (Å²) >= 11 is 3.33. The summed E-state index contributed by atoms with van der Waals surface area (Å²) in [5.41, 5.74) is 0.799. The van der Waals surface area contributed by atoms with E-state index in [4.69, 9.17) is 9.84 Å². The molecule has 0 unspecified atom stereocenters. The van der Waals surface area contributed by atoms with Gasteiger partial charge in [-0.1, -0.05) is 6.07 Å². The summed E-state index contributed by atoms with van der Waals surface area (Å²) in [7, 11) is 1.56. The quantitative estimate of drug-likeness (QED) is 0.811. The molecule has 0 fully saturated rings. The topological polar surface area (TPSA) is 75.6 Å². The summed E-state index contributed by atoms with van der Waals surface area (Å²) in [6.07, 6.45) is 2.86. The number of aliphatic carboxylic acids is 1. The Kier molecular flexibility index (Phi) is 5.38. The van der Waals surface area contributed by atoms with Gasteiger partial charge in [0, 0.05) is 6.08 Å². The van der Waals surface area contributed by atoms with E-state index in [1.165, 1.54) is 6.08 Å². The Labute approximate surface area is 113 Å². The molecule has 0 bridgehead atoms. The number of carbonyl (C=O) groups excluding carboxylic acids is 1. The molecule has 1 amide bonds. The molecular weight excluding hydrogens is 302 g/mol. The van der Waals surface area contributed by atoms with Gasteiger partial charge in [-0.2, -0.15) is 0 Å². The number of hydrogen-bond donors (Lipinski definition) is 2. The van der Waals surface area contributed by atoms with Crippen molar-refractivity contribution in [3.63, 3.8) is 0 Å². The summed E-state index contributed by atoms with van der Waals surface area (Å²) in [6.45, 7) is -0.393. The van der Waals surface area contributed by atoms with Gasteiger partial charge in [-0.05, 0) is 39.7 Å². The number of hydrogen-bond acceptors (Lipinski definition) is 3. The van der Waals surface area contributed by atoms with Crippen molar-refractivity contribution in [3.05, 3.63) is 34.3 Å². The number of amides is 1. The molecular formula is C12H12BrNO4. The molecule has 1 aromatic rings. The van der Waals surface area contributed by atoms with Gasteiger partial charge >= 0.3 is 5.97 Å². The number of benzene rings is 1. The van der Waals surface area contributed by atoms with Crippen LogP contribution in [0.3, 0.4) is 0 Å². The van der Waals surface area contributed by atoms with Gasteiger partial charge in [0.15, 0.2) is 0 Å². The van der Waals surface area contributed by atoms with Crippen molar-refractivity contribution in [2.75, 3.05) is 13.7 Å². The smallest absolute Gasteiger partial charge is 0.322 e. The van der Waals surface area contributed by atoms with Crippen molar-refractivity contribution >= 4 is 33.9 Å². The molecule has 0 saturated heterocycles. The molecule has 0 heterocycles. The van der Waals surface area contributed by atoms with Crippen molar-refractivity contribution in [2.45, 2.75) is 0 Å². The third-order valence-corrected chi connectivity index (χ3v) is 2.64. The standard InChI is InChI=1S/C12H12BrNO4/c1-18-10-4-2-8(6-9(10)13)3-5-11(15)14-7-12(16)17/h2-6H,7H2,1H3,(H,14,15)(H,16,17). The summed E-state index contributed by atoms with van der Waals surface area (Å²) in [5, 5.41) is 10.6. The Morgan fingerprint density at radius 1 is 1.50 bits per heavy atom. The summed E-state index contributed by atoms with van der Waals surface area (Å²) in [6, 6.07) is 5.34. The summed E-state index contributed by atoms with van der Waals surface area (Å²) in [5.74, 6) is -0.837. The van der Waals surface area contributed by atoms with Crippen LogP contribution in [0.25, 0.3) is 6.08 Å². The zero-order valence-electron chi connectivity index (χ0n) is 9.64. The first-order valence-corrected chi connectivity index (χ1v) is 5.83. The molecule has 5 nitrogen and oxygen atoms in total. The largest absolute Gasteiger partial charge is 0.496 e. The Hall–Kier alpha value is -1.82. The van der Waals surface area contributed by atoms with Crippen LogP contribution in [0.2, 0.25) is 0 Å². The van der Waals surface area contributed by atoms with Crippen molar-refractivity contribution in [1.82, 2.24) is 5.32 Å². The van der Waals surface area contributed by atoms with E-state index in [0.717, 1.165) is 10.0 Å². The van der Waals surface area contributed by atoms with Crippen LogP contribution >= 0.6 is 15.9 Å². The molecule has 0 saturated carbocycles. The lowest BCUT2D eigenvalue weighted by atomic mass is 10.2. The van der Waals surface area contributed by atoms with Gasteiger partial charge in [-0.25, -0.2) is 0 Å². The van der Waals surface area contributed by atoms with Gasteiger partial charge in [0.05, 0.1) is 11.6 Å². The summed E-state index contributed by atoms with van der Waals surface area (Å²) < 4.78 is 5.85. The number of carbonyl (C=O) groups is 2. The Bertz CT molecular complexity index is 485. The maximum atomic E-state index is 11.2. The fourth-order valence-electron chi connectivity index (χ4n) is 1.18. The van der Waals surface area contributed by atoms with Crippen LogP contribution in [0, 0.1) is 0 Å². The highest BCUT2D eigenvalue weighted by Gasteiger charge is 2.01. The maximum Gasteiger partial charge on any atom is 0.322 e. The molecule has 0 atom stereocenters. The normalized spacial score (nSPS) is 10.3. The highest BCUT2D eigenvalue weighted by Crippen LogP contribution is 2.25. The van der Waals surface area contributed by atoms with Gasteiger partial charge in [-0.15, -0.1) is 0 Å². The maximum absolute atomic E-state index is 11.2. The van der Waals surface area contributed by atoms with Gasteiger partial charge in [0.1, 0.15) is 12.3 Å². The zero-order chi connectivity index (χ0) is 13.5. The van der Waals surface area contributed by atoms with Crippen molar-refractivity contribution in [2.24, 2.45) is 0 Å². The number of carboxylic acids is 1. The lowest BCUT2D eigenvalue weighted by Gasteiger charge is -2.03. The lowest BCUT2D eigenvalue weighted by Crippen LogP contribution is -2.27. The molecule has 0 aliphatic rings. The van der Waals surface area contributed by atoms with E-state index in [9.17, 15) is 9.59 Å². The van der Waals surface area contributed by atoms with E-state index < -0.39 is 18.4 Å². The molecule has 0 spiro atoms. The second-order valence-corrected chi connectivity index (χ2v) is 4.19. The van der Waals surface area contributed by atoms with Crippen LogP contribution in [-0.2, 0) is 9.59 Å². The van der Waals surface area contributed by atoms with E-state index in [0.29, 0.717) is 5.75 Å². The first kappa shape index (κ1) is 14.2. The monoisotopic (exact) mass is 313 g/mol. The summed E-state index contributed by atoms with van der Waals surface area (Å²) in [4.78, 5) is 21.5. The number of nitrogens with one attached hydrogen (secondary N) is 1. The van der Waals surface area contributed by atoms with Gasteiger partial charge in [0.2, 0.25) is 5.91 Å². The molecule has 1 aromatic carbocycles. The highest BCUT2D eigenvalue weighted by atomic mass is 79.9. The molecule has 0 radical (unpaired) electrons. The number of carboxylic acid groups (broad SMARTS) is 1. The van der Waals surface area contributed by atoms with Crippen LogP contribution in [0.5, 0.6) is 5.75 Å². The molecule has 6 heteroatoms. The van der Waals surface area contributed by atoms with Gasteiger partial charge in [0.25, 0.3) is 0 Å². The Balaban J connectivity index is 2.64. The predicted octanol–water partition coefficient (Wildman–Crippen LogP) is 1.67. The van der Waals surface area contributed by atoms with Crippen molar-refractivity contribution in [1.29, 1.82) is 0 Å². The molecule has 18 heavy (non-hydrogen) atoms. The Morgan fingerprint density at radius 3 is 2.78 bits per heavy atom. The molecule has 2 N–H and O–H groups in total. The van der Waals surface area contributed by atoms with E-state index in [2.05, 4.69) is 21.2 Å². The third kappa shape index (κ3) is 4.58. The average molecular weight is 314 g/mol. The fraction of sp³-hybridized carbons (Fsp3) is 0.167. The van der Waals surface area contributed by atoms with Gasteiger partial charge in [-0.3, -0.25) is 9.59 Å². The van der Waals surface area contributed by atoms with E-state index >= 15 is 0 Å². The number of ether oxygens (including phenoxy) is 1. The van der Waals surface area contributed by atoms with Crippen LogP contribution < -0.4 is 10.1 Å². The van der Waals surface area contributed by atoms with Crippen LogP contribution in [0.15, 0.2) is 28.7 Å². The van der Waals surface area contributed by atoms with E-state index in [1.54, 1.807) is 31.4 Å². The molecule has 0 aliphatic heterocycles. The van der Waals surface area contributed by atoms with Crippen molar-refractivity contribution in [3.8, 4) is 5.75 Å². The third-order valence-electron chi connectivity index (χ3n) is 2.02. The van der Waals surface area contributed by atoms with E-state index in [-0.39, 0.29) is 0 Å². The lowest BCUT2D eigenvalue weighted by molar-refractivity contribution is -0.137. The molecule has 0 aromatic heterocycles. The first-order valence-electron chi connectivity index (χ1n) is 5.04. The zero-order valence-corrected chi connectivity index (χ0v) is 11.2. The van der Waals surface area contributed by atoms with Crippen LogP contribution in [-0.4, -0.2) is 30.6 Å². The predicted molar refractivity (Wildman–Crippen MR) is 70.4 cm³/mol. The van der Waals surface area contributed by atoms with Crippen LogP contribution in [0.1, 0.15) is 5.56 Å². The van der Waals surface area contributed by atoms with E-state index in [1.807, 2.05) is 0 Å². The number of halogens is 1. The second kappa shape index (κ2) is 6.80.